The van der Waals surface area contributed by atoms with Crippen LogP contribution in [0.3, 0.4) is 0 Å². The molecule has 0 unspecified atom stereocenters. The minimum atomic E-state index is -0.796. The van der Waals surface area contributed by atoms with Gasteiger partial charge in [0.15, 0.2) is 29.8 Å². The summed E-state index contributed by atoms with van der Waals surface area (Å²) in [6.07, 6.45) is 4.03. The molecule has 5 atom stereocenters. The average molecular weight is 324 g/mol. The maximum atomic E-state index is 12.5. The van der Waals surface area contributed by atoms with Crippen LogP contribution in [-0.4, -0.2) is 48.1 Å². The number of hydrogen-bond acceptors (Lipinski definition) is 6. The Labute approximate surface area is 136 Å². The summed E-state index contributed by atoms with van der Waals surface area (Å²) in [5.74, 6) is -1.75. The number of hydrogen-bond donors (Lipinski definition) is 0. The molecule has 0 aliphatic carbocycles. The van der Waals surface area contributed by atoms with Crippen LogP contribution in [0.4, 0.5) is 0 Å². The predicted octanol–water partition coefficient (Wildman–Crippen LogP) is 2.08. The highest BCUT2D eigenvalue weighted by Gasteiger charge is 2.61. The van der Waals surface area contributed by atoms with E-state index in [0.29, 0.717) is 0 Å². The van der Waals surface area contributed by atoms with Gasteiger partial charge in [-0.3, -0.25) is 4.79 Å². The maximum Gasteiger partial charge on any atom is 0.190 e. The molecule has 0 N–H and O–H groups in total. The first-order chi connectivity index (χ1) is 10.7. The van der Waals surface area contributed by atoms with Crippen LogP contribution < -0.4 is 0 Å². The molecule has 0 radical (unpaired) electrons. The zero-order valence-electron chi connectivity index (χ0n) is 14.1. The maximum absolute atomic E-state index is 12.5. The van der Waals surface area contributed by atoms with E-state index in [1.54, 1.807) is 12.2 Å². The summed E-state index contributed by atoms with van der Waals surface area (Å²) >= 11 is 0. The van der Waals surface area contributed by atoms with Crippen molar-refractivity contribution in [3.63, 3.8) is 0 Å². The van der Waals surface area contributed by atoms with Crippen molar-refractivity contribution < 1.29 is 28.5 Å². The van der Waals surface area contributed by atoms with E-state index < -0.39 is 42.3 Å². The highest BCUT2D eigenvalue weighted by molar-refractivity contribution is 5.94. The fraction of sp³-hybridized carbons (Fsp3) is 0.706. The SMILES string of the molecule is C/C=C/C=C/C(=O)[C@H]1O[C@@H]2OC(C)(C)O[C@@H]2[C@H]2OC(C)(C)O[C@H]21. The van der Waals surface area contributed by atoms with Crippen LogP contribution in [0, 0.1) is 0 Å². The first-order valence-corrected chi connectivity index (χ1v) is 7.92. The molecule has 6 nitrogen and oxygen atoms in total. The van der Waals surface area contributed by atoms with Crippen LogP contribution >= 0.6 is 0 Å². The second-order valence-corrected chi connectivity index (χ2v) is 6.88. The Balaban J connectivity index is 1.85. The number of fused-ring (bicyclic) bond motifs is 3. The summed E-state index contributed by atoms with van der Waals surface area (Å²) in [6.45, 7) is 9.15. The Hall–Kier alpha value is -1.05. The predicted molar refractivity (Wildman–Crippen MR) is 81.5 cm³/mol. The van der Waals surface area contributed by atoms with Crippen LogP contribution in [-0.2, 0) is 28.5 Å². The van der Waals surface area contributed by atoms with Crippen molar-refractivity contribution in [3.8, 4) is 0 Å². The third-order valence-corrected chi connectivity index (χ3v) is 4.00. The third kappa shape index (κ3) is 3.27. The summed E-state index contributed by atoms with van der Waals surface area (Å²) in [4.78, 5) is 12.5. The molecule has 0 aromatic carbocycles. The van der Waals surface area contributed by atoms with Gasteiger partial charge in [-0.25, -0.2) is 0 Å². The molecule has 3 rings (SSSR count). The number of allylic oxidation sites excluding steroid dienone is 3. The van der Waals surface area contributed by atoms with Crippen molar-refractivity contribution in [2.24, 2.45) is 0 Å². The largest absolute Gasteiger partial charge is 0.342 e. The summed E-state index contributed by atoms with van der Waals surface area (Å²) < 4.78 is 29.4. The summed E-state index contributed by atoms with van der Waals surface area (Å²) in [5.41, 5.74) is 0. The zero-order valence-corrected chi connectivity index (χ0v) is 14.1. The van der Waals surface area contributed by atoms with Gasteiger partial charge in [-0.05, 0) is 40.7 Å². The molecule has 0 saturated carbocycles. The van der Waals surface area contributed by atoms with Crippen molar-refractivity contribution in [1.29, 1.82) is 0 Å². The first-order valence-electron chi connectivity index (χ1n) is 7.92. The van der Waals surface area contributed by atoms with Gasteiger partial charge < -0.3 is 23.7 Å². The molecular formula is C17H24O6. The second-order valence-electron chi connectivity index (χ2n) is 6.88. The molecule has 0 amide bonds. The summed E-state index contributed by atoms with van der Waals surface area (Å²) in [6, 6.07) is 0. The molecule has 0 bridgehead atoms. The fourth-order valence-corrected chi connectivity index (χ4v) is 3.20. The molecule has 3 heterocycles. The molecule has 0 aromatic rings. The lowest BCUT2D eigenvalue weighted by molar-refractivity contribution is -0.229. The molecule has 23 heavy (non-hydrogen) atoms. The van der Waals surface area contributed by atoms with Gasteiger partial charge in [-0.1, -0.05) is 18.2 Å². The lowest BCUT2D eigenvalue weighted by Crippen LogP contribution is -2.57. The van der Waals surface area contributed by atoms with E-state index in [9.17, 15) is 4.79 Å². The molecule has 0 aromatic heterocycles. The number of ketones is 1. The van der Waals surface area contributed by atoms with Crippen molar-refractivity contribution >= 4 is 5.78 Å². The van der Waals surface area contributed by atoms with Gasteiger partial charge in [0.25, 0.3) is 0 Å². The van der Waals surface area contributed by atoms with Crippen LogP contribution in [0.5, 0.6) is 0 Å². The molecule has 3 fully saturated rings. The van der Waals surface area contributed by atoms with Gasteiger partial charge in [0, 0.05) is 0 Å². The Morgan fingerprint density at radius 3 is 2.17 bits per heavy atom. The molecule has 3 aliphatic rings. The highest BCUT2D eigenvalue weighted by Crippen LogP contribution is 2.44. The Morgan fingerprint density at radius 2 is 1.48 bits per heavy atom. The highest BCUT2D eigenvalue weighted by atomic mass is 16.9. The Kier molecular flexibility index (Phi) is 4.23. The average Bonchev–Trinajstić information content (AvgIpc) is 2.92. The van der Waals surface area contributed by atoms with Gasteiger partial charge in [-0.15, -0.1) is 0 Å². The van der Waals surface area contributed by atoms with Crippen molar-refractivity contribution in [1.82, 2.24) is 0 Å². The van der Waals surface area contributed by atoms with Crippen LogP contribution in [0.15, 0.2) is 24.3 Å². The third-order valence-electron chi connectivity index (χ3n) is 4.00. The number of rotatable bonds is 3. The molecule has 6 heteroatoms. The second kappa shape index (κ2) is 5.79. The standard InChI is InChI=1S/C17H24O6/c1-6-7-8-9-10(18)11-12-13(21-16(2,3)20-12)14-15(19-11)23-17(4,5)22-14/h6-9,11-15H,1-5H3/b7-6+,9-8+/t11-,12+,13+,14-,15-/m1/s1. The molecule has 3 saturated heterocycles. The molecular weight excluding hydrogens is 300 g/mol. The van der Waals surface area contributed by atoms with Gasteiger partial charge in [0.1, 0.15) is 18.3 Å². The van der Waals surface area contributed by atoms with Crippen molar-refractivity contribution in [3.05, 3.63) is 24.3 Å². The van der Waals surface area contributed by atoms with Crippen molar-refractivity contribution in [2.45, 2.75) is 76.9 Å². The minimum absolute atomic E-state index is 0.175. The molecule has 128 valence electrons. The van der Waals surface area contributed by atoms with E-state index >= 15 is 0 Å². The van der Waals surface area contributed by atoms with E-state index in [0.717, 1.165) is 0 Å². The molecule has 0 spiro atoms. The molecule has 3 aliphatic heterocycles. The smallest absolute Gasteiger partial charge is 0.190 e. The van der Waals surface area contributed by atoms with Gasteiger partial charge in [-0.2, -0.15) is 0 Å². The Morgan fingerprint density at radius 1 is 0.870 bits per heavy atom. The van der Waals surface area contributed by atoms with E-state index in [-0.39, 0.29) is 5.78 Å². The topological polar surface area (TPSA) is 63.2 Å². The number of carbonyl (C=O) groups excluding carboxylic acids is 1. The number of ether oxygens (including phenoxy) is 5. The van der Waals surface area contributed by atoms with E-state index in [1.807, 2.05) is 40.7 Å². The summed E-state index contributed by atoms with van der Waals surface area (Å²) in [7, 11) is 0. The van der Waals surface area contributed by atoms with Gasteiger partial charge in [0.05, 0.1) is 0 Å². The summed E-state index contributed by atoms with van der Waals surface area (Å²) in [5, 5.41) is 0. The van der Waals surface area contributed by atoms with Gasteiger partial charge in [0.2, 0.25) is 0 Å². The monoisotopic (exact) mass is 324 g/mol. The van der Waals surface area contributed by atoms with E-state index in [2.05, 4.69) is 0 Å². The van der Waals surface area contributed by atoms with E-state index in [1.165, 1.54) is 6.08 Å². The van der Waals surface area contributed by atoms with Gasteiger partial charge >= 0.3 is 0 Å². The number of carbonyl (C=O) groups is 1. The lowest BCUT2D eigenvalue weighted by Gasteiger charge is -2.36. The fourth-order valence-electron chi connectivity index (χ4n) is 3.20. The quantitative estimate of drug-likeness (QED) is 0.585. The van der Waals surface area contributed by atoms with Crippen LogP contribution in [0.25, 0.3) is 0 Å². The first kappa shape index (κ1) is 16.8. The van der Waals surface area contributed by atoms with Crippen LogP contribution in [0.2, 0.25) is 0 Å². The normalized spacial score (nSPS) is 41.3. The van der Waals surface area contributed by atoms with Crippen molar-refractivity contribution in [2.75, 3.05) is 0 Å². The lowest BCUT2D eigenvalue weighted by atomic mass is 9.96. The minimum Gasteiger partial charge on any atom is -0.342 e. The zero-order chi connectivity index (χ0) is 16.8. The van der Waals surface area contributed by atoms with Crippen LogP contribution in [0.1, 0.15) is 34.6 Å². The van der Waals surface area contributed by atoms with E-state index in [4.69, 9.17) is 23.7 Å². The Bertz CT molecular complexity index is 535.